The van der Waals surface area contributed by atoms with Crippen molar-refractivity contribution in [3.05, 3.63) is 33.3 Å². The molecule has 0 unspecified atom stereocenters. The molecule has 0 fully saturated rings. The number of alkyl halides is 1. The highest BCUT2D eigenvalue weighted by Crippen LogP contribution is 2.23. The lowest BCUT2D eigenvalue weighted by Gasteiger charge is -2.24. The van der Waals surface area contributed by atoms with E-state index in [2.05, 4.69) is 51.0 Å². The fraction of sp³-hybridized carbons (Fsp3) is 0.462. The zero-order valence-corrected chi connectivity index (χ0v) is 14.3. The summed E-state index contributed by atoms with van der Waals surface area (Å²) in [6, 6.07) is 5.16. The molecule has 0 aromatic heterocycles. The Labute approximate surface area is 130 Å². The number of nitrogens with one attached hydrogen (secondary N) is 1. The van der Waals surface area contributed by atoms with E-state index in [1.54, 1.807) is 18.2 Å². The predicted molar refractivity (Wildman–Crippen MR) is 83.7 cm³/mol. The first-order valence-electron chi connectivity index (χ1n) is 5.65. The molecule has 0 aliphatic heterocycles. The van der Waals surface area contributed by atoms with Gasteiger partial charge in [0.2, 0.25) is 0 Å². The van der Waals surface area contributed by atoms with Crippen molar-refractivity contribution in [3.8, 4) is 0 Å². The molecule has 1 aromatic carbocycles. The summed E-state index contributed by atoms with van der Waals surface area (Å²) < 4.78 is 0.714. The largest absolute Gasteiger partial charge is 0.351 e. The van der Waals surface area contributed by atoms with Crippen molar-refractivity contribution in [2.45, 2.75) is 20.3 Å². The molecule has 2 nitrogen and oxygen atoms in total. The third-order valence-electron chi connectivity index (χ3n) is 2.67. The summed E-state index contributed by atoms with van der Waals surface area (Å²) >= 11 is 12.6. The first-order chi connectivity index (χ1) is 8.35. The fourth-order valence-corrected chi connectivity index (χ4v) is 3.37. The highest BCUT2D eigenvalue weighted by molar-refractivity contribution is 9.10. The number of halogens is 3. The number of carbonyl (C=O) groups excluding carboxylic acids is 1. The summed E-state index contributed by atoms with van der Waals surface area (Å²) in [7, 11) is 0. The van der Waals surface area contributed by atoms with Crippen LogP contribution in [0.1, 0.15) is 30.6 Å². The molecule has 0 saturated carbocycles. The van der Waals surface area contributed by atoms with Gasteiger partial charge in [0.25, 0.3) is 5.91 Å². The average molecular weight is 398 g/mol. The third-order valence-corrected chi connectivity index (χ3v) is 3.96. The van der Waals surface area contributed by atoms with E-state index >= 15 is 0 Å². The van der Waals surface area contributed by atoms with Crippen molar-refractivity contribution < 1.29 is 4.79 Å². The Morgan fingerprint density at radius 3 is 2.67 bits per heavy atom. The minimum Gasteiger partial charge on any atom is -0.351 e. The molecule has 1 amide bonds. The second kappa shape index (κ2) is 6.92. The Bertz CT molecular complexity index is 435. The van der Waals surface area contributed by atoms with Crippen LogP contribution >= 0.6 is 43.5 Å². The number of benzene rings is 1. The molecule has 1 N–H and O–H groups in total. The molecule has 0 aliphatic carbocycles. The minimum atomic E-state index is -0.0822. The maximum atomic E-state index is 12.0. The van der Waals surface area contributed by atoms with Gasteiger partial charge in [-0.15, -0.1) is 0 Å². The third kappa shape index (κ3) is 4.90. The molecule has 1 rings (SSSR count). The van der Waals surface area contributed by atoms with Crippen molar-refractivity contribution in [2.24, 2.45) is 5.41 Å². The van der Waals surface area contributed by atoms with Gasteiger partial charge in [0.05, 0.1) is 5.56 Å². The smallest absolute Gasteiger partial charge is 0.252 e. The van der Waals surface area contributed by atoms with Crippen molar-refractivity contribution in [3.63, 3.8) is 0 Å². The molecule has 0 aliphatic rings. The molecule has 1 aromatic rings. The lowest BCUT2D eigenvalue weighted by Crippen LogP contribution is -2.34. The summed E-state index contributed by atoms with van der Waals surface area (Å²) in [4.78, 5) is 12.0. The Balaban J connectivity index is 2.66. The van der Waals surface area contributed by atoms with E-state index in [4.69, 9.17) is 11.6 Å². The van der Waals surface area contributed by atoms with Crippen LogP contribution in [-0.2, 0) is 0 Å². The highest BCUT2D eigenvalue weighted by atomic mass is 79.9. The molecular weight excluding hydrogens is 381 g/mol. The van der Waals surface area contributed by atoms with Crippen LogP contribution < -0.4 is 5.32 Å². The van der Waals surface area contributed by atoms with Crippen LogP contribution in [0.4, 0.5) is 0 Å². The Hall–Kier alpha value is -0.0600. The maximum absolute atomic E-state index is 12.0. The van der Waals surface area contributed by atoms with Gasteiger partial charge in [0.1, 0.15) is 0 Å². The van der Waals surface area contributed by atoms with Gasteiger partial charge < -0.3 is 5.32 Å². The van der Waals surface area contributed by atoms with Gasteiger partial charge in [-0.1, -0.05) is 41.4 Å². The number of rotatable bonds is 5. The number of amides is 1. The zero-order valence-electron chi connectivity index (χ0n) is 10.4. The molecule has 0 bridgehead atoms. The summed E-state index contributed by atoms with van der Waals surface area (Å²) in [5.74, 6) is -0.0822. The number of hydrogen-bond acceptors (Lipinski definition) is 1. The predicted octanol–water partition coefficient (Wildman–Crippen LogP) is 4.64. The van der Waals surface area contributed by atoms with E-state index < -0.39 is 0 Å². The van der Waals surface area contributed by atoms with E-state index in [-0.39, 0.29) is 11.3 Å². The number of hydrogen-bond donors (Lipinski definition) is 1. The SMILES string of the molecule is CC(C)(CCBr)CNC(=O)c1ccc(Cl)cc1Br. The van der Waals surface area contributed by atoms with Crippen LogP contribution in [0.2, 0.25) is 5.02 Å². The zero-order chi connectivity index (χ0) is 13.8. The molecule has 0 radical (unpaired) electrons. The van der Waals surface area contributed by atoms with Crippen molar-refractivity contribution >= 4 is 49.4 Å². The molecule has 0 saturated heterocycles. The molecule has 18 heavy (non-hydrogen) atoms. The summed E-state index contributed by atoms with van der Waals surface area (Å²) in [6.45, 7) is 4.91. The molecule has 100 valence electrons. The maximum Gasteiger partial charge on any atom is 0.252 e. The standard InChI is InChI=1S/C13H16Br2ClNO/c1-13(2,5-6-14)8-17-12(18)10-4-3-9(16)7-11(10)15/h3-4,7H,5-6,8H2,1-2H3,(H,17,18). The molecule has 0 atom stereocenters. The molecular formula is C13H16Br2ClNO. The monoisotopic (exact) mass is 395 g/mol. The normalized spacial score (nSPS) is 11.4. The van der Waals surface area contributed by atoms with E-state index in [0.29, 0.717) is 21.6 Å². The van der Waals surface area contributed by atoms with Crippen LogP contribution in [-0.4, -0.2) is 17.8 Å². The quantitative estimate of drug-likeness (QED) is 0.721. The van der Waals surface area contributed by atoms with Crippen molar-refractivity contribution in [1.29, 1.82) is 0 Å². The van der Waals surface area contributed by atoms with Gasteiger partial charge in [0, 0.05) is 21.4 Å². The van der Waals surface area contributed by atoms with Gasteiger partial charge in [-0.3, -0.25) is 4.79 Å². The Morgan fingerprint density at radius 1 is 1.44 bits per heavy atom. The van der Waals surface area contributed by atoms with Crippen LogP contribution in [0, 0.1) is 5.41 Å². The van der Waals surface area contributed by atoms with Crippen LogP contribution in [0.3, 0.4) is 0 Å². The first kappa shape index (κ1) is 16.0. The summed E-state index contributed by atoms with van der Waals surface area (Å²) in [5.41, 5.74) is 0.687. The van der Waals surface area contributed by atoms with Crippen molar-refractivity contribution in [1.82, 2.24) is 5.32 Å². The van der Waals surface area contributed by atoms with Crippen molar-refractivity contribution in [2.75, 3.05) is 11.9 Å². The minimum absolute atomic E-state index is 0.0814. The first-order valence-corrected chi connectivity index (χ1v) is 7.94. The van der Waals surface area contributed by atoms with Crippen LogP contribution in [0.5, 0.6) is 0 Å². The second-order valence-corrected chi connectivity index (χ2v) is 6.99. The molecule has 0 spiro atoms. The fourth-order valence-electron chi connectivity index (χ4n) is 1.43. The highest BCUT2D eigenvalue weighted by Gasteiger charge is 2.19. The second-order valence-electron chi connectivity index (χ2n) is 4.91. The lowest BCUT2D eigenvalue weighted by molar-refractivity contribution is 0.0935. The van der Waals surface area contributed by atoms with Gasteiger partial charge in [-0.25, -0.2) is 0 Å². The van der Waals surface area contributed by atoms with E-state index in [9.17, 15) is 4.79 Å². The Kier molecular flexibility index (Phi) is 6.15. The van der Waals surface area contributed by atoms with E-state index in [1.165, 1.54) is 0 Å². The van der Waals surface area contributed by atoms with Gasteiger partial charge in [0.15, 0.2) is 0 Å². The van der Waals surface area contributed by atoms with E-state index in [1.807, 2.05) is 0 Å². The summed E-state index contributed by atoms with van der Waals surface area (Å²) in [6.07, 6.45) is 1.01. The number of carbonyl (C=O) groups is 1. The van der Waals surface area contributed by atoms with E-state index in [0.717, 1.165) is 11.8 Å². The molecule has 5 heteroatoms. The summed E-state index contributed by atoms with van der Waals surface area (Å²) in [5, 5.41) is 4.49. The van der Waals surface area contributed by atoms with Gasteiger partial charge >= 0.3 is 0 Å². The Morgan fingerprint density at radius 2 is 2.11 bits per heavy atom. The van der Waals surface area contributed by atoms with Gasteiger partial charge in [-0.05, 0) is 46.0 Å². The lowest BCUT2D eigenvalue weighted by atomic mass is 9.90. The topological polar surface area (TPSA) is 29.1 Å². The van der Waals surface area contributed by atoms with Crippen LogP contribution in [0.25, 0.3) is 0 Å². The van der Waals surface area contributed by atoms with Gasteiger partial charge in [-0.2, -0.15) is 0 Å². The average Bonchev–Trinajstić information content (AvgIpc) is 2.26. The van der Waals surface area contributed by atoms with Crippen LogP contribution in [0.15, 0.2) is 22.7 Å². The molecule has 0 heterocycles.